The molecule has 2 atom stereocenters. The monoisotopic (exact) mass is 375 g/mol. The summed E-state index contributed by atoms with van der Waals surface area (Å²) >= 11 is 0. The maximum absolute atomic E-state index is 14.2. The Morgan fingerprint density at radius 3 is 2.81 bits per heavy atom. The van der Waals surface area contributed by atoms with Crippen LogP contribution in [0.5, 0.6) is 0 Å². The highest BCUT2D eigenvalue weighted by Gasteiger charge is 2.36. The van der Waals surface area contributed by atoms with E-state index in [2.05, 4.69) is 24.1 Å². The third kappa shape index (κ3) is 4.67. The fourth-order valence-electron chi connectivity index (χ4n) is 4.07. The number of nitrogens with zero attached hydrogens (tertiary/aromatic N) is 2. The van der Waals surface area contributed by atoms with Crippen molar-refractivity contribution in [3.05, 3.63) is 29.6 Å². The van der Waals surface area contributed by atoms with Crippen molar-refractivity contribution in [2.75, 3.05) is 31.1 Å². The number of benzene rings is 1. The molecule has 0 spiro atoms. The molecule has 148 valence electrons. The van der Waals surface area contributed by atoms with E-state index in [0.29, 0.717) is 18.5 Å². The van der Waals surface area contributed by atoms with Gasteiger partial charge in [-0.3, -0.25) is 9.59 Å². The van der Waals surface area contributed by atoms with Crippen molar-refractivity contribution < 1.29 is 14.0 Å². The van der Waals surface area contributed by atoms with E-state index in [-0.39, 0.29) is 30.5 Å². The van der Waals surface area contributed by atoms with Gasteiger partial charge < -0.3 is 15.1 Å². The van der Waals surface area contributed by atoms with Crippen molar-refractivity contribution in [1.29, 1.82) is 0 Å². The van der Waals surface area contributed by atoms with Gasteiger partial charge in [0.15, 0.2) is 0 Å². The molecule has 2 heterocycles. The lowest BCUT2D eigenvalue weighted by Crippen LogP contribution is -2.44. The Labute approximate surface area is 160 Å². The SMILES string of the molecule is Cc1ccc(N2CC(C(=O)NCC3CCCN(C(C)C)C3)CC2=O)c(F)c1. The van der Waals surface area contributed by atoms with Gasteiger partial charge >= 0.3 is 0 Å². The number of carbonyl (C=O) groups excluding carboxylic acids is 2. The quantitative estimate of drug-likeness (QED) is 0.861. The lowest BCUT2D eigenvalue weighted by atomic mass is 9.96. The zero-order chi connectivity index (χ0) is 19.6. The standard InChI is InChI=1S/C21H30FN3O2/c1-14(2)24-8-4-5-16(12-24)11-23-21(27)17-10-20(26)25(13-17)19-7-6-15(3)9-18(19)22/h6-7,9,14,16-17H,4-5,8,10-13H2,1-3H3,(H,23,27). The van der Waals surface area contributed by atoms with Crippen LogP contribution in [0.2, 0.25) is 0 Å². The second-order valence-electron chi connectivity index (χ2n) is 8.20. The van der Waals surface area contributed by atoms with E-state index in [4.69, 9.17) is 0 Å². The first-order valence-corrected chi connectivity index (χ1v) is 9.93. The summed E-state index contributed by atoms with van der Waals surface area (Å²) in [5.74, 6) is -0.669. The van der Waals surface area contributed by atoms with Crippen LogP contribution in [-0.2, 0) is 9.59 Å². The van der Waals surface area contributed by atoms with E-state index in [1.165, 1.54) is 11.0 Å². The van der Waals surface area contributed by atoms with E-state index in [1.807, 2.05) is 0 Å². The molecule has 2 amide bonds. The Bertz CT molecular complexity index is 707. The summed E-state index contributed by atoms with van der Waals surface area (Å²) in [6.07, 6.45) is 2.41. The lowest BCUT2D eigenvalue weighted by molar-refractivity contribution is -0.126. The third-order valence-corrected chi connectivity index (χ3v) is 5.74. The fourth-order valence-corrected chi connectivity index (χ4v) is 4.07. The Hall–Kier alpha value is -1.95. The summed E-state index contributed by atoms with van der Waals surface area (Å²) in [4.78, 5) is 28.7. The van der Waals surface area contributed by atoms with Gasteiger partial charge in [0.2, 0.25) is 11.8 Å². The molecule has 2 fully saturated rings. The summed E-state index contributed by atoms with van der Waals surface area (Å²) in [5, 5.41) is 3.03. The molecule has 5 nitrogen and oxygen atoms in total. The van der Waals surface area contributed by atoms with Gasteiger partial charge in [-0.05, 0) is 63.8 Å². The average Bonchev–Trinajstić information content (AvgIpc) is 3.01. The summed E-state index contributed by atoms with van der Waals surface area (Å²) in [5.41, 5.74) is 1.07. The molecule has 1 aromatic rings. The molecule has 0 bridgehead atoms. The van der Waals surface area contributed by atoms with E-state index < -0.39 is 11.7 Å². The summed E-state index contributed by atoms with van der Waals surface area (Å²) < 4.78 is 14.2. The predicted octanol–water partition coefficient (Wildman–Crippen LogP) is 2.72. The van der Waals surface area contributed by atoms with Crippen molar-refractivity contribution in [2.24, 2.45) is 11.8 Å². The topological polar surface area (TPSA) is 52.7 Å². The van der Waals surface area contributed by atoms with Gasteiger partial charge in [-0.15, -0.1) is 0 Å². The minimum absolute atomic E-state index is 0.0972. The molecule has 27 heavy (non-hydrogen) atoms. The number of aryl methyl sites for hydroxylation is 1. The number of halogens is 1. The molecule has 0 radical (unpaired) electrons. The van der Waals surface area contributed by atoms with Gasteiger partial charge in [-0.25, -0.2) is 4.39 Å². The molecule has 3 rings (SSSR count). The smallest absolute Gasteiger partial charge is 0.227 e. The van der Waals surface area contributed by atoms with E-state index >= 15 is 0 Å². The second kappa shape index (κ2) is 8.38. The number of anilines is 1. The van der Waals surface area contributed by atoms with Crippen molar-refractivity contribution >= 4 is 17.5 Å². The third-order valence-electron chi connectivity index (χ3n) is 5.74. The van der Waals surface area contributed by atoms with Crippen molar-refractivity contribution in [1.82, 2.24) is 10.2 Å². The summed E-state index contributed by atoms with van der Waals surface area (Å²) in [6.45, 7) is 9.21. The summed E-state index contributed by atoms with van der Waals surface area (Å²) in [6, 6.07) is 5.34. The van der Waals surface area contributed by atoms with Gasteiger partial charge in [0.05, 0.1) is 11.6 Å². The van der Waals surface area contributed by atoms with Crippen molar-refractivity contribution in [3.8, 4) is 0 Å². The van der Waals surface area contributed by atoms with Crippen molar-refractivity contribution in [2.45, 2.75) is 46.1 Å². The zero-order valence-corrected chi connectivity index (χ0v) is 16.5. The number of amides is 2. The Balaban J connectivity index is 1.54. The number of likely N-dealkylation sites (tertiary alicyclic amines) is 1. The molecule has 2 saturated heterocycles. The summed E-state index contributed by atoms with van der Waals surface area (Å²) in [7, 11) is 0. The van der Waals surface area contributed by atoms with Gasteiger partial charge in [-0.1, -0.05) is 6.07 Å². The molecular weight excluding hydrogens is 345 g/mol. The number of piperidine rings is 1. The number of hydrogen-bond acceptors (Lipinski definition) is 3. The zero-order valence-electron chi connectivity index (χ0n) is 16.5. The first-order valence-electron chi connectivity index (χ1n) is 9.93. The predicted molar refractivity (Wildman–Crippen MR) is 104 cm³/mol. The van der Waals surface area contributed by atoms with Crippen molar-refractivity contribution in [3.63, 3.8) is 0 Å². The van der Waals surface area contributed by atoms with Crippen LogP contribution in [0.15, 0.2) is 18.2 Å². The first-order chi connectivity index (χ1) is 12.8. The first kappa shape index (κ1) is 19.8. The van der Waals surface area contributed by atoms with E-state index in [1.54, 1.807) is 19.1 Å². The molecule has 0 aliphatic carbocycles. The molecule has 2 aliphatic heterocycles. The average molecular weight is 375 g/mol. The minimum atomic E-state index is -0.416. The molecule has 2 unspecified atom stereocenters. The number of nitrogens with one attached hydrogen (secondary N) is 1. The molecule has 2 aliphatic rings. The fraction of sp³-hybridized carbons (Fsp3) is 0.619. The lowest BCUT2D eigenvalue weighted by Gasteiger charge is -2.35. The maximum atomic E-state index is 14.2. The number of hydrogen-bond donors (Lipinski definition) is 1. The van der Waals surface area contributed by atoms with Gasteiger partial charge in [0.25, 0.3) is 0 Å². The van der Waals surface area contributed by atoms with Crippen LogP contribution in [0.1, 0.15) is 38.7 Å². The van der Waals surface area contributed by atoms with Gasteiger partial charge in [0.1, 0.15) is 5.82 Å². The minimum Gasteiger partial charge on any atom is -0.355 e. The molecule has 6 heteroatoms. The Morgan fingerprint density at radius 2 is 2.11 bits per heavy atom. The highest BCUT2D eigenvalue weighted by Crippen LogP contribution is 2.28. The maximum Gasteiger partial charge on any atom is 0.227 e. The van der Waals surface area contributed by atoms with Gasteiger partial charge in [-0.2, -0.15) is 0 Å². The van der Waals surface area contributed by atoms with Crippen LogP contribution >= 0.6 is 0 Å². The van der Waals surface area contributed by atoms with Gasteiger partial charge in [0, 0.05) is 32.1 Å². The van der Waals surface area contributed by atoms with E-state index in [9.17, 15) is 14.0 Å². The van der Waals surface area contributed by atoms with E-state index in [0.717, 1.165) is 31.5 Å². The van der Waals surface area contributed by atoms with Crippen LogP contribution in [0.3, 0.4) is 0 Å². The molecule has 1 N–H and O–H groups in total. The molecular formula is C21H30FN3O2. The van der Waals surface area contributed by atoms with Crippen LogP contribution in [0.4, 0.5) is 10.1 Å². The number of rotatable bonds is 5. The largest absolute Gasteiger partial charge is 0.355 e. The normalized spacial score (nSPS) is 23.9. The molecule has 0 saturated carbocycles. The number of carbonyl (C=O) groups is 2. The Kier molecular flexibility index (Phi) is 6.15. The Morgan fingerprint density at radius 1 is 1.33 bits per heavy atom. The molecule has 1 aromatic carbocycles. The highest BCUT2D eigenvalue weighted by molar-refractivity contribution is 6.00. The van der Waals surface area contributed by atoms with Crippen LogP contribution in [0, 0.1) is 24.6 Å². The van der Waals surface area contributed by atoms with Crippen LogP contribution in [0.25, 0.3) is 0 Å². The molecule has 0 aromatic heterocycles. The van der Waals surface area contributed by atoms with Crippen LogP contribution in [-0.4, -0.2) is 48.9 Å². The second-order valence-corrected chi connectivity index (χ2v) is 8.20. The van der Waals surface area contributed by atoms with Crippen LogP contribution < -0.4 is 10.2 Å². The highest BCUT2D eigenvalue weighted by atomic mass is 19.1.